The second-order valence-electron chi connectivity index (χ2n) is 6.57. The van der Waals surface area contributed by atoms with Gasteiger partial charge in [0.25, 0.3) is 0 Å². The van der Waals surface area contributed by atoms with Crippen molar-refractivity contribution < 1.29 is 42.3 Å². The highest BCUT2D eigenvalue weighted by Gasteiger charge is 2.22. The Bertz CT molecular complexity index is 622. The maximum Gasteiger partial charge on any atom is 0.330 e. The molecule has 14 heteroatoms. The topological polar surface area (TPSA) is 170 Å². The molecule has 0 heterocycles. The Balaban J connectivity index is 3.62. The monoisotopic (exact) mass is 496 g/mol. The van der Waals surface area contributed by atoms with Crippen molar-refractivity contribution in [1.82, 2.24) is 21.3 Å². The SMILES string of the molecule is CCCCP(=O)(OCC)OCCOCCOCCNC(=O)CNC(=O)CNC(=O)CNC=O. The summed E-state index contributed by atoms with van der Waals surface area (Å²) in [5, 5.41) is 9.36. The van der Waals surface area contributed by atoms with E-state index in [0.717, 1.165) is 12.8 Å². The highest BCUT2D eigenvalue weighted by Crippen LogP contribution is 2.48. The Morgan fingerprint density at radius 3 is 1.97 bits per heavy atom. The van der Waals surface area contributed by atoms with Gasteiger partial charge in [0.2, 0.25) is 24.1 Å². The molecule has 0 bridgehead atoms. The van der Waals surface area contributed by atoms with Gasteiger partial charge in [-0.25, -0.2) is 0 Å². The lowest BCUT2D eigenvalue weighted by Gasteiger charge is -2.17. The lowest BCUT2D eigenvalue weighted by atomic mass is 10.4. The molecule has 0 aliphatic heterocycles. The lowest BCUT2D eigenvalue weighted by Crippen LogP contribution is -2.44. The molecular weight excluding hydrogens is 459 g/mol. The third kappa shape index (κ3) is 19.2. The van der Waals surface area contributed by atoms with Gasteiger partial charge in [0.05, 0.1) is 65.4 Å². The first-order valence-electron chi connectivity index (χ1n) is 10.9. The zero-order valence-corrected chi connectivity index (χ0v) is 20.3. The molecule has 0 aromatic heterocycles. The number of nitrogens with one attached hydrogen (secondary N) is 4. The van der Waals surface area contributed by atoms with E-state index in [1.807, 2.05) is 6.92 Å². The number of ether oxygens (including phenoxy) is 2. The van der Waals surface area contributed by atoms with Crippen molar-refractivity contribution in [2.75, 3.05) is 72.0 Å². The maximum atomic E-state index is 12.4. The number of carbonyl (C=O) groups excluding carboxylic acids is 4. The van der Waals surface area contributed by atoms with E-state index in [2.05, 4.69) is 21.3 Å². The Morgan fingerprint density at radius 1 is 0.788 bits per heavy atom. The first-order valence-corrected chi connectivity index (χ1v) is 12.6. The summed E-state index contributed by atoms with van der Waals surface area (Å²) in [6.45, 7) is 4.90. The van der Waals surface area contributed by atoms with Crippen LogP contribution in [0, 0.1) is 0 Å². The molecule has 0 aromatic rings. The molecule has 1 atom stereocenters. The van der Waals surface area contributed by atoms with Gasteiger partial charge in [-0.1, -0.05) is 13.3 Å². The van der Waals surface area contributed by atoms with Crippen LogP contribution >= 0.6 is 7.60 Å². The van der Waals surface area contributed by atoms with Crippen molar-refractivity contribution in [3.8, 4) is 0 Å². The zero-order valence-electron chi connectivity index (χ0n) is 19.4. The van der Waals surface area contributed by atoms with E-state index in [4.69, 9.17) is 18.5 Å². The van der Waals surface area contributed by atoms with Crippen molar-refractivity contribution in [2.45, 2.75) is 26.7 Å². The fourth-order valence-electron chi connectivity index (χ4n) is 2.21. The maximum absolute atomic E-state index is 12.4. The molecule has 0 saturated heterocycles. The first kappa shape index (κ1) is 30.9. The number of hydrogen-bond donors (Lipinski definition) is 4. The largest absolute Gasteiger partial charge is 0.377 e. The highest BCUT2D eigenvalue weighted by molar-refractivity contribution is 7.53. The van der Waals surface area contributed by atoms with Gasteiger partial charge in [-0.15, -0.1) is 0 Å². The smallest absolute Gasteiger partial charge is 0.330 e. The van der Waals surface area contributed by atoms with Gasteiger partial charge in [0.15, 0.2) is 0 Å². The van der Waals surface area contributed by atoms with Crippen LogP contribution in [0.1, 0.15) is 26.7 Å². The summed E-state index contributed by atoms with van der Waals surface area (Å²) in [7, 11) is -3.05. The molecule has 0 aliphatic carbocycles. The first-order chi connectivity index (χ1) is 15.9. The molecule has 33 heavy (non-hydrogen) atoms. The van der Waals surface area contributed by atoms with Crippen molar-refractivity contribution in [1.29, 1.82) is 0 Å². The fraction of sp³-hybridized carbons (Fsp3) is 0.789. The fourth-order valence-corrected chi connectivity index (χ4v) is 4.00. The molecule has 0 aromatic carbocycles. The molecule has 1 unspecified atom stereocenters. The minimum absolute atomic E-state index is 0.169. The van der Waals surface area contributed by atoms with Crippen molar-refractivity contribution in [3.05, 3.63) is 0 Å². The van der Waals surface area contributed by atoms with Gasteiger partial charge in [0.1, 0.15) is 0 Å². The average Bonchev–Trinajstić information content (AvgIpc) is 2.80. The van der Waals surface area contributed by atoms with Gasteiger partial charge in [-0.3, -0.25) is 23.7 Å². The minimum atomic E-state index is -3.05. The summed E-state index contributed by atoms with van der Waals surface area (Å²) >= 11 is 0. The van der Waals surface area contributed by atoms with Crippen LogP contribution in [0.5, 0.6) is 0 Å². The van der Waals surface area contributed by atoms with Crippen molar-refractivity contribution in [3.63, 3.8) is 0 Å². The summed E-state index contributed by atoms with van der Waals surface area (Å²) in [6.07, 6.45) is 2.45. The zero-order chi connectivity index (χ0) is 24.8. The lowest BCUT2D eigenvalue weighted by molar-refractivity contribution is -0.127. The van der Waals surface area contributed by atoms with Crippen molar-refractivity contribution >= 4 is 31.7 Å². The van der Waals surface area contributed by atoms with E-state index >= 15 is 0 Å². The summed E-state index contributed by atoms with van der Waals surface area (Å²) in [5.74, 6) is -1.46. The minimum Gasteiger partial charge on any atom is -0.377 e. The molecule has 0 rings (SSSR count). The van der Waals surface area contributed by atoms with E-state index in [-0.39, 0.29) is 46.0 Å². The van der Waals surface area contributed by atoms with E-state index in [1.54, 1.807) is 6.92 Å². The number of amides is 4. The number of rotatable bonds is 22. The predicted molar refractivity (Wildman–Crippen MR) is 120 cm³/mol. The Morgan fingerprint density at radius 2 is 1.36 bits per heavy atom. The molecule has 0 spiro atoms. The van der Waals surface area contributed by atoms with Crippen LogP contribution in [0.3, 0.4) is 0 Å². The van der Waals surface area contributed by atoms with Gasteiger partial charge in [0, 0.05) is 6.54 Å². The molecular formula is C19H37N4O9P. The predicted octanol–water partition coefficient (Wildman–Crippen LogP) is -0.839. The summed E-state index contributed by atoms with van der Waals surface area (Å²) in [4.78, 5) is 44.4. The van der Waals surface area contributed by atoms with Crippen LogP contribution in [0.25, 0.3) is 0 Å². The Hall–Kier alpha value is -2.05. The van der Waals surface area contributed by atoms with Crippen LogP contribution in [-0.4, -0.2) is 96.1 Å². The van der Waals surface area contributed by atoms with Gasteiger partial charge in [-0.2, -0.15) is 0 Å². The standard InChI is InChI=1S/C19H37N4O9P/c1-3-5-12-33(28,31-4-2)32-11-10-30-9-8-29-7-6-21-18(26)14-23-19(27)15-22-17(25)13-20-16-24/h16H,3-15H2,1-2H3,(H,20,24)(H,21,26)(H,22,25)(H,23,27). The van der Waals surface area contributed by atoms with Crippen LogP contribution < -0.4 is 21.3 Å². The highest BCUT2D eigenvalue weighted by atomic mass is 31.2. The molecule has 0 aliphatic rings. The Labute approximate surface area is 194 Å². The third-order valence-electron chi connectivity index (χ3n) is 3.81. The molecule has 0 fully saturated rings. The van der Waals surface area contributed by atoms with Gasteiger partial charge < -0.3 is 39.8 Å². The second-order valence-corrected chi connectivity index (χ2v) is 8.75. The molecule has 13 nitrogen and oxygen atoms in total. The molecule has 0 saturated carbocycles. The van der Waals surface area contributed by atoms with Gasteiger partial charge >= 0.3 is 7.60 Å². The van der Waals surface area contributed by atoms with Crippen LogP contribution in [-0.2, 0) is 42.3 Å². The van der Waals surface area contributed by atoms with E-state index in [1.165, 1.54) is 0 Å². The molecule has 4 N–H and O–H groups in total. The molecule has 192 valence electrons. The van der Waals surface area contributed by atoms with Crippen LogP contribution in [0.2, 0.25) is 0 Å². The number of hydrogen-bond acceptors (Lipinski definition) is 9. The van der Waals surface area contributed by atoms with Gasteiger partial charge in [-0.05, 0) is 13.3 Å². The van der Waals surface area contributed by atoms with E-state index < -0.39 is 25.3 Å². The summed E-state index contributed by atoms with van der Waals surface area (Å²) in [6, 6.07) is 0. The second kappa shape index (κ2) is 20.5. The third-order valence-corrected chi connectivity index (χ3v) is 5.90. The number of carbonyl (C=O) groups is 4. The Kier molecular flexibility index (Phi) is 19.3. The average molecular weight is 496 g/mol. The molecule has 4 amide bonds. The molecule has 0 radical (unpaired) electrons. The number of unbranched alkanes of at least 4 members (excludes halogenated alkanes) is 1. The van der Waals surface area contributed by atoms with Crippen LogP contribution in [0.4, 0.5) is 0 Å². The quantitative estimate of drug-likeness (QED) is 0.0848. The normalized spacial score (nSPS) is 12.4. The summed E-state index contributed by atoms with van der Waals surface area (Å²) < 4.78 is 33.7. The van der Waals surface area contributed by atoms with Crippen molar-refractivity contribution in [2.24, 2.45) is 0 Å². The van der Waals surface area contributed by atoms with E-state index in [0.29, 0.717) is 32.4 Å². The van der Waals surface area contributed by atoms with Crippen LogP contribution in [0.15, 0.2) is 0 Å². The summed E-state index contributed by atoms with van der Waals surface area (Å²) in [5.41, 5.74) is 0. The van der Waals surface area contributed by atoms with E-state index in [9.17, 15) is 23.7 Å².